The quantitative estimate of drug-likeness (QED) is 0.492. The van der Waals surface area contributed by atoms with Crippen LogP contribution in [-0.4, -0.2) is 38.8 Å². The van der Waals surface area contributed by atoms with Crippen molar-refractivity contribution in [2.75, 3.05) is 11.9 Å². The maximum Gasteiger partial charge on any atom is 0.319 e. The van der Waals surface area contributed by atoms with Gasteiger partial charge >= 0.3 is 6.03 Å². The maximum atomic E-state index is 12.1. The molecule has 1 aliphatic heterocycles. The van der Waals surface area contributed by atoms with Crippen LogP contribution in [0, 0.1) is 0 Å². The van der Waals surface area contributed by atoms with E-state index in [0.29, 0.717) is 18.8 Å². The van der Waals surface area contributed by atoms with Crippen molar-refractivity contribution in [3.05, 3.63) is 89.7 Å². The van der Waals surface area contributed by atoms with Gasteiger partial charge in [0.1, 0.15) is 5.75 Å². The van der Waals surface area contributed by atoms with Gasteiger partial charge in [0.15, 0.2) is 0 Å². The number of phenols is 1. The van der Waals surface area contributed by atoms with E-state index in [1.807, 2.05) is 42.6 Å². The van der Waals surface area contributed by atoms with Gasteiger partial charge in [-0.3, -0.25) is 9.88 Å². The van der Waals surface area contributed by atoms with Gasteiger partial charge in [0, 0.05) is 37.7 Å². The van der Waals surface area contributed by atoms with E-state index in [0.717, 1.165) is 29.7 Å². The summed E-state index contributed by atoms with van der Waals surface area (Å²) >= 11 is 0. The van der Waals surface area contributed by atoms with Crippen LogP contribution in [0.25, 0.3) is 0 Å². The van der Waals surface area contributed by atoms with Crippen molar-refractivity contribution in [1.29, 1.82) is 0 Å². The number of amides is 2. The van der Waals surface area contributed by atoms with Gasteiger partial charge < -0.3 is 20.8 Å². The molecule has 0 saturated carbocycles. The van der Waals surface area contributed by atoms with E-state index < -0.39 is 6.10 Å². The summed E-state index contributed by atoms with van der Waals surface area (Å²) in [5.41, 5.74) is 3.74. The molecule has 7 nitrogen and oxygen atoms in total. The molecule has 1 fully saturated rings. The minimum absolute atomic E-state index is 0.0582. The van der Waals surface area contributed by atoms with Gasteiger partial charge in [0.25, 0.3) is 0 Å². The predicted molar refractivity (Wildman–Crippen MR) is 118 cm³/mol. The number of aromatic nitrogens is 1. The number of nitrogens with zero attached hydrogens (tertiary/aromatic N) is 2. The number of aromatic hydroxyl groups is 1. The largest absolute Gasteiger partial charge is 0.508 e. The van der Waals surface area contributed by atoms with Crippen LogP contribution < -0.4 is 10.6 Å². The Morgan fingerprint density at radius 2 is 1.81 bits per heavy atom. The fourth-order valence-electron chi connectivity index (χ4n) is 3.90. The molecule has 2 heterocycles. The van der Waals surface area contributed by atoms with Gasteiger partial charge in [-0.2, -0.15) is 0 Å². The molecule has 4 N–H and O–H groups in total. The fourth-order valence-corrected chi connectivity index (χ4v) is 3.90. The number of phenolic OH excluding ortho intramolecular Hbond substituents is 1. The molecule has 4 rings (SSSR count). The van der Waals surface area contributed by atoms with Crippen LogP contribution in [0.5, 0.6) is 5.75 Å². The summed E-state index contributed by atoms with van der Waals surface area (Å²) in [4.78, 5) is 18.6. The number of rotatable bonds is 6. The lowest BCUT2D eigenvalue weighted by molar-refractivity contribution is 0.113. The smallest absolute Gasteiger partial charge is 0.319 e. The number of aliphatic hydroxyl groups excluding tert-OH is 1. The lowest BCUT2D eigenvalue weighted by atomic mass is 10.0. The van der Waals surface area contributed by atoms with Crippen molar-refractivity contribution >= 4 is 11.7 Å². The van der Waals surface area contributed by atoms with Gasteiger partial charge in [-0.15, -0.1) is 0 Å². The standard InChI is InChI=1S/C24H26N4O3/c29-21-9-5-17(6-10-21)14-26-24(31)27-20-7-3-18(4-8-20)16-28-13-11-22(30)23(28)19-2-1-12-25-15-19/h1-10,12,15,22-23,29-30H,11,13-14,16H2,(H2,26,27,31). The molecule has 0 aliphatic carbocycles. The monoisotopic (exact) mass is 418 g/mol. The highest BCUT2D eigenvalue weighted by atomic mass is 16.3. The third-order valence-electron chi connectivity index (χ3n) is 5.48. The number of hydrogen-bond acceptors (Lipinski definition) is 5. The molecule has 0 spiro atoms. The molecule has 7 heteroatoms. The lowest BCUT2D eigenvalue weighted by Gasteiger charge is -2.26. The zero-order valence-electron chi connectivity index (χ0n) is 17.1. The van der Waals surface area contributed by atoms with Crippen LogP contribution >= 0.6 is 0 Å². The average Bonchev–Trinajstić information content (AvgIpc) is 3.15. The van der Waals surface area contributed by atoms with Crippen LogP contribution in [0.15, 0.2) is 73.1 Å². The van der Waals surface area contributed by atoms with Crippen LogP contribution in [0.1, 0.15) is 29.2 Å². The van der Waals surface area contributed by atoms with E-state index in [1.54, 1.807) is 30.5 Å². The van der Waals surface area contributed by atoms with Crippen molar-refractivity contribution < 1.29 is 15.0 Å². The molecule has 1 aromatic heterocycles. The van der Waals surface area contributed by atoms with Crippen molar-refractivity contribution in [3.63, 3.8) is 0 Å². The average molecular weight is 418 g/mol. The molecule has 160 valence electrons. The van der Waals surface area contributed by atoms with Gasteiger partial charge in [-0.05, 0) is 53.4 Å². The minimum Gasteiger partial charge on any atom is -0.508 e. The summed E-state index contributed by atoms with van der Waals surface area (Å²) in [7, 11) is 0. The SMILES string of the molecule is O=C(NCc1ccc(O)cc1)Nc1ccc(CN2CCC(O)C2c2cccnc2)cc1. The molecule has 2 amide bonds. The highest BCUT2D eigenvalue weighted by Crippen LogP contribution is 2.33. The number of nitrogens with one attached hydrogen (secondary N) is 2. The highest BCUT2D eigenvalue weighted by molar-refractivity contribution is 5.89. The number of aliphatic hydroxyl groups is 1. The molecular weight excluding hydrogens is 392 g/mol. The first-order valence-corrected chi connectivity index (χ1v) is 10.3. The highest BCUT2D eigenvalue weighted by Gasteiger charge is 2.33. The summed E-state index contributed by atoms with van der Waals surface area (Å²) in [6.45, 7) is 1.90. The zero-order valence-corrected chi connectivity index (χ0v) is 17.1. The zero-order chi connectivity index (χ0) is 21.6. The Bertz CT molecular complexity index is 994. The predicted octanol–water partition coefficient (Wildman–Crippen LogP) is 3.42. The van der Waals surface area contributed by atoms with E-state index in [9.17, 15) is 15.0 Å². The molecule has 0 bridgehead atoms. The second kappa shape index (κ2) is 9.59. The topological polar surface area (TPSA) is 97.7 Å². The van der Waals surface area contributed by atoms with Crippen LogP contribution in [0.2, 0.25) is 0 Å². The number of benzene rings is 2. The number of carbonyl (C=O) groups is 1. The molecule has 31 heavy (non-hydrogen) atoms. The first kappa shape index (κ1) is 20.8. The van der Waals surface area contributed by atoms with E-state index in [1.165, 1.54) is 0 Å². The third-order valence-corrected chi connectivity index (χ3v) is 5.48. The molecule has 1 saturated heterocycles. The molecule has 0 radical (unpaired) electrons. The Morgan fingerprint density at radius 3 is 2.52 bits per heavy atom. The second-order valence-corrected chi connectivity index (χ2v) is 7.73. The Kier molecular flexibility index (Phi) is 6.45. The normalized spacial score (nSPS) is 18.6. The van der Waals surface area contributed by atoms with E-state index >= 15 is 0 Å². The molecule has 2 unspecified atom stereocenters. The second-order valence-electron chi connectivity index (χ2n) is 7.73. The van der Waals surface area contributed by atoms with Crippen LogP contribution in [0.4, 0.5) is 10.5 Å². The Morgan fingerprint density at radius 1 is 1.06 bits per heavy atom. The van der Waals surface area contributed by atoms with Gasteiger partial charge in [0.2, 0.25) is 0 Å². The summed E-state index contributed by atoms with van der Waals surface area (Å²) in [5.74, 6) is 0.198. The number of carbonyl (C=O) groups excluding carboxylic acids is 1. The van der Waals surface area contributed by atoms with Crippen LogP contribution in [0.3, 0.4) is 0 Å². The molecular formula is C24H26N4O3. The van der Waals surface area contributed by atoms with Gasteiger partial charge in [-0.1, -0.05) is 30.3 Å². The molecule has 2 atom stereocenters. The van der Waals surface area contributed by atoms with E-state index in [-0.39, 0.29) is 17.8 Å². The molecule has 3 aromatic rings. The maximum absolute atomic E-state index is 12.1. The van der Waals surface area contributed by atoms with Crippen molar-refractivity contribution in [1.82, 2.24) is 15.2 Å². The fraction of sp³-hybridized carbons (Fsp3) is 0.250. The summed E-state index contributed by atoms with van der Waals surface area (Å²) in [6.07, 6.45) is 3.89. The summed E-state index contributed by atoms with van der Waals surface area (Å²) < 4.78 is 0. The summed E-state index contributed by atoms with van der Waals surface area (Å²) in [6, 6.07) is 18.0. The Balaban J connectivity index is 1.31. The van der Waals surface area contributed by atoms with E-state index in [4.69, 9.17) is 0 Å². The Hall–Kier alpha value is -3.42. The van der Waals surface area contributed by atoms with Crippen molar-refractivity contribution in [3.8, 4) is 5.75 Å². The van der Waals surface area contributed by atoms with Gasteiger partial charge in [-0.25, -0.2) is 4.79 Å². The van der Waals surface area contributed by atoms with E-state index in [2.05, 4.69) is 20.5 Å². The third kappa shape index (κ3) is 5.39. The molecule has 1 aliphatic rings. The van der Waals surface area contributed by atoms with Crippen molar-refractivity contribution in [2.24, 2.45) is 0 Å². The first-order chi connectivity index (χ1) is 15.1. The number of urea groups is 1. The lowest BCUT2D eigenvalue weighted by Crippen LogP contribution is -2.28. The number of hydrogen-bond donors (Lipinski definition) is 4. The van der Waals surface area contributed by atoms with Crippen LogP contribution in [-0.2, 0) is 13.1 Å². The minimum atomic E-state index is -0.401. The number of anilines is 1. The number of likely N-dealkylation sites (tertiary alicyclic amines) is 1. The molecule has 2 aromatic carbocycles. The summed E-state index contributed by atoms with van der Waals surface area (Å²) in [5, 5.41) is 25.4. The first-order valence-electron chi connectivity index (χ1n) is 10.3. The van der Waals surface area contributed by atoms with Gasteiger partial charge in [0.05, 0.1) is 12.1 Å². The number of pyridine rings is 1. The van der Waals surface area contributed by atoms with Crippen molar-refractivity contribution in [2.45, 2.75) is 31.7 Å². The Labute approximate surface area is 181 Å².